The van der Waals surface area contributed by atoms with Crippen molar-refractivity contribution < 1.29 is 45.5 Å². The second-order valence-electron chi connectivity index (χ2n) is 29.3. The minimum absolute atomic E-state index is 0.275. The van der Waals surface area contributed by atoms with Gasteiger partial charge in [0.25, 0.3) is 35.3 Å². The number of aromatic nitrogens is 22. The summed E-state index contributed by atoms with van der Waals surface area (Å²) in [6.45, 7) is 14.2. The van der Waals surface area contributed by atoms with Gasteiger partial charge in [-0.15, -0.1) is 0 Å². The molecule has 21 aromatic rings. The van der Waals surface area contributed by atoms with Crippen LogP contribution >= 0.6 is 11.6 Å². The lowest BCUT2D eigenvalue weighted by Gasteiger charge is -1.98. The van der Waals surface area contributed by atoms with E-state index in [0.29, 0.717) is 104 Å². The first-order valence-electron chi connectivity index (χ1n) is 40.7. The molecule has 0 aliphatic rings. The van der Waals surface area contributed by atoms with Gasteiger partial charge in [0.15, 0.2) is 12.4 Å². The van der Waals surface area contributed by atoms with Crippen molar-refractivity contribution in [2.24, 2.45) is 0 Å². The lowest BCUT2D eigenvalue weighted by atomic mass is 10.1. The third kappa shape index (κ3) is 24.7. The first-order valence-corrected chi connectivity index (χ1v) is 41.1. The smallest absolute Gasteiger partial charge is 0.259 e. The molecule has 0 bridgehead atoms. The number of hydrogen-bond donors (Lipinski definition) is 0. The average Bonchev–Trinajstić information content (AvgIpc) is 1.70. The van der Waals surface area contributed by atoms with E-state index < -0.39 is 5.95 Å². The molecule has 0 radical (unpaired) electrons. The van der Waals surface area contributed by atoms with Crippen molar-refractivity contribution in [3.05, 3.63) is 384 Å². The van der Waals surface area contributed by atoms with Crippen molar-refractivity contribution in [2.75, 3.05) is 7.11 Å². The van der Waals surface area contributed by atoms with Crippen LogP contribution in [0, 0.1) is 59.6 Å². The summed E-state index contributed by atoms with van der Waals surface area (Å²) in [7, 11) is 1.57. The molecule has 14 aromatic heterocycles. The predicted molar refractivity (Wildman–Crippen MR) is 488 cm³/mol. The Hall–Kier alpha value is -17.7. The monoisotopic (exact) mass is 1770 g/mol. The number of benzene rings is 7. The van der Waals surface area contributed by atoms with Gasteiger partial charge in [0, 0.05) is 123 Å². The molecule has 0 aliphatic carbocycles. The zero-order valence-corrected chi connectivity index (χ0v) is 72.8. The fraction of sp³-hybridized carbons (Fsp3) is 0.0909. The molecule has 652 valence electrons. The van der Waals surface area contributed by atoms with Gasteiger partial charge in [-0.1, -0.05) is 257 Å². The highest BCUT2D eigenvalue weighted by atomic mass is 35.5. The van der Waals surface area contributed by atoms with Crippen LogP contribution in [0.5, 0.6) is 5.88 Å². The van der Waals surface area contributed by atoms with Crippen molar-refractivity contribution in [1.29, 1.82) is 0 Å². The minimum Gasteiger partial charge on any atom is -0.619 e. The molecular formula is C99H78ClFN22O9. The van der Waals surface area contributed by atoms with Crippen LogP contribution in [0.4, 0.5) is 4.39 Å². The van der Waals surface area contributed by atoms with Gasteiger partial charge in [-0.2, -0.15) is 54.2 Å². The van der Waals surface area contributed by atoms with E-state index in [1.54, 1.807) is 105 Å². The summed E-state index contributed by atoms with van der Waals surface area (Å²) < 4.78 is 55.4. The Morgan fingerprint density at radius 1 is 0.303 bits per heavy atom. The first kappa shape index (κ1) is 89.2. The average molecular weight is 1770 g/mol. The predicted octanol–water partition coefficient (Wildman–Crippen LogP) is 21.1. The van der Waals surface area contributed by atoms with Gasteiger partial charge in [-0.25, -0.2) is 15.0 Å². The SMILES string of the molecule is COc1cc(-c2nc(-c3ccc(C)cc3)no2)ccn1.Cc1ccc(-c2noc(-c3cc[n+]([O-])cc3)n2)cc1.Cc1ccc(-c2noc(-c3cccnc3)n2)cc1.Cc1ccc(-c2noc(-c3ccnc(Cl)c3)n2)cc1.Cc1ccc(-c2noc(-c3ccnc(F)c3)n2)cc1.Cc1ccc(-c2noc(-c3ccnnc3)n2)cc1.Cc1ccc(-c2noc(Cc3ccncc3)n2)cc1. The third-order valence-electron chi connectivity index (χ3n) is 19.2. The molecule has 0 fully saturated rings. The zero-order valence-electron chi connectivity index (χ0n) is 72.0. The van der Waals surface area contributed by atoms with Crippen LogP contribution < -0.4 is 9.47 Å². The summed E-state index contributed by atoms with van der Waals surface area (Å²) >= 11 is 5.83. The van der Waals surface area contributed by atoms with E-state index in [2.05, 4.69) is 113 Å². The number of halogens is 2. The number of ether oxygens (including phenoxy) is 1. The fourth-order valence-electron chi connectivity index (χ4n) is 12.0. The molecule has 14 heterocycles. The van der Waals surface area contributed by atoms with Gasteiger partial charge in [0.05, 0.1) is 42.6 Å². The molecule has 7 aromatic carbocycles. The highest BCUT2D eigenvalue weighted by molar-refractivity contribution is 6.29. The second kappa shape index (κ2) is 43.5. The van der Waals surface area contributed by atoms with Crippen LogP contribution in [-0.4, -0.2) is 113 Å². The Kier molecular flexibility index (Phi) is 29.4. The van der Waals surface area contributed by atoms with Crippen molar-refractivity contribution in [3.63, 3.8) is 0 Å². The summed E-state index contributed by atoms with van der Waals surface area (Å²) in [5.74, 6) is 6.96. The summed E-state index contributed by atoms with van der Waals surface area (Å²) in [5.41, 5.74) is 20.2. The van der Waals surface area contributed by atoms with Gasteiger partial charge in [-0.3, -0.25) is 9.97 Å². The number of aryl methyl sites for hydroxylation is 7. The molecule has 132 heavy (non-hydrogen) atoms. The van der Waals surface area contributed by atoms with E-state index >= 15 is 0 Å². The Balaban J connectivity index is 0.000000118. The zero-order chi connectivity index (χ0) is 91.5. The third-order valence-corrected chi connectivity index (χ3v) is 19.4. The normalized spacial score (nSPS) is 10.6. The number of hydrogen-bond acceptors (Lipinski definition) is 30. The molecule has 21 rings (SSSR count). The van der Waals surface area contributed by atoms with Crippen molar-refractivity contribution in [2.45, 2.75) is 54.9 Å². The maximum absolute atomic E-state index is 13.0. The van der Waals surface area contributed by atoms with Crippen LogP contribution in [0.1, 0.15) is 50.4 Å². The Labute approximate surface area is 758 Å². The molecule has 33 heteroatoms. The standard InChI is InChI=1S/C15H13N3O2.C15H13N3O.C14H10ClN3O.C14H10FN3O.C14H11N3O2.C14H11N3O.C13H10N4O/c1-10-3-5-11(6-4-10)14-17-15(20-18-14)12-7-8-16-13(9-12)19-2;1-11-2-4-13(5-3-11)15-17-14(19-18-15)10-12-6-8-16-9-7-12;2*1-9-2-4-10(5-3-9)13-17-14(19-18-13)11-6-7-16-12(15)8-11;1-10-2-4-11(5-3-10)13-15-14(19-16-13)12-6-8-17(18)9-7-12;1-10-4-6-11(7-5-10)13-16-14(18-17-13)12-3-2-8-15-9-12;1-9-2-4-10(5-3-9)12-16-13(18-17-12)11-6-7-14-15-8-11/h3-9H,1-2H3;2-9H,10H2,1H3;2*2-8H,1H3;2-9H,1H3;2-9H,1H3;2-8H,1H3. The van der Waals surface area contributed by atoms with E-state index in [1.807, 2.05) is 236 Å². The van der Waals surface area contributed by atoms with Crippen LogP contribution in [0.3, 0.4) is 0 Å². The van der Waals surface area contributed by atoms with Crippen LogP contribution in [0.2, 0.25) is 5.15 Å². The Morgan fingerprint density at radius 2 is 0.636 bits per heavy atom. The highest BCUT2D eigenvalue weighted by Gasteiger charge is 2.19. The van der Waals surface area contributed by atoms with E-state index in [0.717, 1.165) is 77.9 Å². The maximum atomic E-state index is 13.0. The van der Waals surface area contributed by atoms with E-state index in [-0.39, 0.29) is 5.89 Å². The van der Waals surface area contributed by atoms with E-state index in [1.165, 1.54) is 58.0 Å². The van der Waals surface area contributed by atoms with Crippen molar-refractivity contribution >= 4 is 11.6 Å². The number of methoxy groups -OCH3 is 1. The quantitative estimate of drug-likeness (QED) is 0.0492. The van der Waals surface area contributed by atoms with Gasteiger partial charge < -0.3 is 41.6 Å². The summed E-state index contributed by atoms with van der Waals surface area (Å²) in [4.78, 5) is 49.9. The van der Waals surface area contributed by atoms with E-state index in [9.17, 15) is 9.60 Å². The Bertz CT molecular complexity index is 6890. The molecule has 0 atom stereocenters. The molecule has 0 spiro atoms. The highest BCUT2D eigenvalue weighted by Crippen LogP contribution is 2.31. The lowest BCUT2D eigenvalue weighted by molar-refractivity contribution is -0.605. The summed E-state index contributed by atoms with van der Waals surface area (Å²) in [6.07, 6.45) is 18.1. The number of nitrogens with zero attached hydrogens (tertiary/aromatic N) is 22. The molecule has 31 nitrogen and oxygen atoms in total. The lowest BCUT2D eigenvalue weighted by Crippen LogP contribution is -2.23. The van der Waals surface area contributed by atoms with Gasteiger partial charge in [0.1, 0.15) is 5.15 Å². The van der Waals surface area contributed by atoms with Gasteiger partial charge >= 0.3 is 0 Å². The van der Waals surface area contributed by atoms with Gasteiger partial charge in [-0.05, 0) is 109 Å². The van der Waals surface area contributed by atoms with Crippen LogP contribution in [0.25, 0.3) is 148 Å². The van der Waals surface area contributed by atoms with Crippen LogP contribution in [0.15, 0.2) is 349 Å². The van der Waals surface area contributed by atoms with Gasteiger partial charge in [0.2, 0.25) is 58.5 Å². The summed E-state index contributed by atoms with van der Waals surface area (Å²) in [5, 5.41) is 46.6. The molecular weight excluding hydrogens is 1700 g/mol. The van der Waals surface area contributed by atoms with E-state index in [4.69, 9.17) is 48.0 Å². The first-order chi connectivity index (χ1) is 64.4. The van der Waals surface area contributed by atoms with Crippen molar-refractivity contribution in [3.8, 4) is 154 Å². The molecule has 0 saturated carbocycles. The molecule has 0 saturated heterocycles. The molecule has 0 amide bonds. The number of rotatable bonds is 16. The largest absolute Gasteiger partial charge is 0.619 e. The molecule has 0 aliphatic heterocycles. The fourth-order valence-corrected chi connectivity index (χ4v) is 12.1. The topological polar surface area (TPSA) is 399 Å². The molecule has 0 unspecified atom stereocenters. The minimum atomic E-state index is -0.576. The second-order valence-corrected chi connectivity index (χ2v) is 29.7. The maximum Gasteiger partial charge on any atom is 0.259 e. The summed E-state index contributed by atoms with van der Waals surface area (Å²) in [6, 6.07) is 78.1. The van der Waals surface area contributed by atoms with Crippen molar-refractivity contribution in [1.82, 2.24) is 106 Å². The number of pyridine rings is 6. The molecule has 0 N–H and O–H groups in total. The Morgan fingerprint density at radius 3 is 0.992 bits per heavy atom. The van der Waals surface area contributed by atoms with Crippen LogP contribution in [-0.2, 0) is 6.42 Å².